The third-order valence-corrected chi connectivity index (χ3v) is 5.14. The summed E-state index contributed by atoms with van der Waals surface area (Å²) in [5.74, 6) is 0. The molecule has 0 aliphatic carbocycles. The number of halogens is 1. The van der Waals surface area contributed by atoms with Gasteiger partial charge in [-0.05, 0) is 33.5 Å². The van der Waals surface area contributed by atoms with Gasteiger partial charge in [0.2, 0.25) is 0 Å². The quantitative estimate of drug-likeness (QED) is 0.425. The molecule has 0 amide bonds. The van der Waals surface area contributed by atoms with E-state index in [9.17, 15) is 0 Å². The summed E-state index contributed by atoms with van der Waals surface area (Å²) in [6.07, 6.45) is 0. The fourth-order valence-electron chi connectivity index (χ4n) is 3.37. The predicted molar refractivity (Wildman–Crippen MR) is 111 cm³/mol. The summed E-state index contributed by atoms with van der Waals surface area (Å²) in [7, 11) is 2.19. The monoisotopic (exact) mass is 370 g/mol. The highest BCUT2D eigenvalue weighted by Crippen LogP contribution is 2.38. The molecule has 0 radical (unpaired) electrons. The van der Waals surface area contributed by atoms with Gasteiger partial charge in [-0.2, -0.15) is 0 Å². The van der Waals surface area contributed by atoms with Crippen LogP contribution in [0, 0.1) is 0 Å². The molecule has 0 fully saturated rings. The van der Waals surface area contributed by atoms with Gasteiger partial charge in [0, 0.05) is 10.0 Å². The summed E-state index contributed by atoms with van der Waals surface area (Å²) in [5.41, 5.74) is 6.37. The van der Waals surface area contributed by atoms with E-state index in [1.54, 1.807) is 0 Å². The minimum Gasteiger partial charge on any atom is -0.0806 e. The minimum absolute atomic E-state index is 1.13. The van der Waals surface area contributed by atoms with Crippen molar-refractivity contribution in [3.05, 3.63) is 89.4 Å². The first-order valence-electron chi connectivity index (χ1n) is 8.08. The fraction of sp³-hybridized carbons (Fsp3) is 0. The van der Waals surface area contributed by atoms with Crippen molar-refractivity contribution >= 4 is 40.0 Å². The second-order valence-electron chi connectivity index (χ2n) is 6.01. The van der Waals surface area contributed by atoms with Crippen LogP contribution in [0.4, 0.5) is 0 Å². The molecule has 0 saturated heterocycles. The molecule has 0 aliphatic heterocycles. The highest BCUT2D eigenvalue weighted by molar-refractivity contribution is 9.10. The van der Waals surface area contributed by atoms with E-state index in [-0.39, 0.29) is 0 Å². The molecule has 0 atom stereocenters. The van der Waals surface area contributed by atoms with Gasteiger partial charge in [-0.15, -0.1) is 0 Å². The largest absolute Gasteiger partial charge is 0.140 e. The topological polar surface area (TPSA) is 0 Å². The highest BCUT2D eigenvalue weighted by Gasteiger charge is 2.13. The van der Waals surface area contributed by atoms with Crippen molar-refractivity contribution in [2.45, 2.75) is 0 Å². The molecule has 2 heteroatoms. The Morgan fingerprint density at radius 2 is 1.04 bits per heavy atom. The predicted octanol–water partition coefficient (Wildman–Crippen LogP) is 5.19. The van der Waals surface area contributed by atoms with Crippen LogP contribution in [0.3, 0.4) is 0 Å². The van der Waals surface area contributed by atoms with Gasteiger partial charge in [-0.3, -0.25) is 0 Å². The van der Waals surface area contributed by atoms with Gasteiger partial charge < -0.3 is 0 Å². The lowest BCUT2D eigenvalue weighted by atomic mass is 9.82. The fourth-order valence-corrected chi connectivity index (χ4v) is 3.95. The Kier molecular flexibility index (Phi) is 3.99. The molecule has 4 rings (SSSR count). The SMILES string of the molecule is Bc1ccc2c(-c3ccccc3)c(Br)ccc2c1-c1ccccc1. The van der Waals surface area contributed by atoms with Gasteiger partial charge in [-0.1, -0.05) is 100 Å². The average Bonchev–Trinajstić information content (AvgIpc) is 2.63. The zero-order chi connectivity index (χ0) is 16.5. The molecule has 4 aromatic carbocycles. The van der Waals surface area contributed by atoms with E-state index >= 15 is 0 Å². The molecule has 0 aliphatic rings. The molecule has 24 heavy (non-hydrogen) atoms. The molecule has 0 nitrogen and oxygen atoms in total. The van der Waals surface area contributed by atoms with Gasteiger partial charge in [-0.25, -0.2) is 0 Å². The third-order valence-electron chi connectivity index (χ3n) is 4.48. The molecule has 0 N–H and O–H groups in total. The molecule has 114 valence electrons. The Morgan fingerprint density at radius 1 is 0.542 bits per heavy atom. The van der Waals surface area contributed by atoms with Gasteiger partial charge >= 0.3 is 0 Å². The number of rotatable bonds is 2. The van der Waals surface area contributed by atoms with Crippen molar-refractivity contribution < 1.29 is 0 Å². The molecule has 0 aromatic heterocycles. The van der Waals surface area contributed by atoms with Gasteiger partial charge in [0.15, 0.2) is 0 Å². The van der Waals surface area contributed by atoms with Crippen LogP contribution in [-0.4, -0.2) is 7.85 Å². The van der Waals surface area contributed by atoms with E-state index in [2.05, 4.69) is 109 Å². The number of fused-ring (bicyclic) bond motifs is 1. The zero-order valence-corrected chi connectivity index (χ0v) is 15.0. The number of hydrogen-bond acceptors (Lipinski definition) is 0. The summed E-state index contributed by atoms with van der Waals surface area (Å²) >= 11 is 3.75. The number of benzene rings is 4. The Bertz CT molecular complexity index is 923. The summed E-state index contributed by atoms with van der Waals surface area (Å²) in [5, 5.41) is 2.57. The summed E-state index contributed by atoms with van der Waals surface area (Å²) in [4.78, 5) is 0. The van der Waals surface area contributed by atoms with E-state index in [0.29, 0.717) is 0 Å². The lowest BCUT2D eigenvalue weighted by Crippen LogP contribution is -2.07. The number of hydrogen-bond donors (Lipinski definition) is 0. The maximum Gasteiger partial charge on any atom is 0.140 e. The van der Waals surface area contributed by atoms with E-state index < -0.39 is 0 Å². The molecule has 0 saturated carbocycles. The summed E-state index contributed by atoms with van der Waals surface area (Å²) in [6, 6.07) is 30.1. The van der Waals surface area contributed by atoms with Crippen LogP contribution in [0.1, 0.15) is 0 Å². The van der Waals surface area contributed by atoms with Crippen molar-refractivity contribution in [1.82, 2.24) is 0 Å². The Labute approximate surface area is 151 Å². The molecular weight excluding hydrogens is 355 g/mol. The molecule has 0 unspecified atom stereocenters. The summed E-state index contributed by atoms with van der Waals surface area (Å²) in [6.45, 7) is 0. The maximum absolute atomic E-state index is 3.75. The lowest BCUT2D eigenvalue weighted by molar-refractivity contribution is 1.62. The Balaban J connectivity index is 2.09. The van der Waals surface area contributed by atoms with Crippen molar-refractivity contribution in [1.29, 1.82) is 0 Å². The van der Waals surface area contributed by atoms with Crippen molar-refractivity contribution in [2.75, 3.05) is 0 Å². The Hall–Kier alpha value is -2.32. The van der Waals surface area contributed by atoms with Crippen LogP contribution >= 0.6 is 15.9 Å². The van der Waals surface area contributed by atoms with Crippen LogP contribution in [0.15, 0.2) is 89.4 Å². The van der Waals surface area contributed by atoms with Crippen molar-refractivity contribution in [3.8, 4) is 22.3 Å². The molecule has 0 heterocycles. The van der Waals surface area contributed by atoms with E-state index in [4.69, 9.17) is 0 Å². The van der Waals surface area contributed by atoms with Crippen LogP contribution < -0.4 is 5.46 Å². The first-order chi connectivity index (χ1) is 11.8. The summed E-state index contributed by atoms with van der Waals surface area (Å²) < 4.78 is 1.13. The van der Waals surface area contributed by atoms with Gasteiger partial charge in [0.05, 0.1) is 0 Å². The van der Waals surface area contributed by atoms with Gasteiger partial charge in [0.25, 0.3) is 0 Å². The van der Waals surface area contributed by atoms with Crippen LogP contribution in [0.2, 0.25) is 0 Å². The van der Waals surface area contributed by atoms with E-state index in [0.717, 1.165) is 4.47 Å². The lowest BCUT2D eigenvalue weighted by Gasteiger charge is -2.15. The normalized spacial score (nSPS) is 10.9. The van der Waals surface area contributed by atoms with E-state index in [1.165, 1.54) is 38.5 Å². The molecule has 0 bridgehead atoms. The first-order valence-corrected chi connectivity index (χ1v) is 8.87. The average molecular weight is 371 g/mol. The van der Waals surface area contributed by atoms with Crippen LogP contribution in [0.5, 0.6) is 0 Å². The van der Waals surface area contributed by atoms with Crippen molar-refractivity contribution in [3.63, 3.8) is 0 Å². The third kappa shape index (κ3) is 2.57. The molecular formula is C22H16BBr. The highest BCUT2D eigenvalue weighted by atomic mass is 79.9. The smallest absolute Gasteiger partial charge is 0.0806 e. The van der Waals surface area contributed by atoms with Crippen LogP contribution in [0.25, 0.3) is 33.0 Å². The molecule has 4 aromatic rings. The second kappa shape index (κ2) is 6.29. The van der Waals surface area contributed by atoms with Crippen molar-refractivity contribution in [2.24, 2.45) is 0 Å². The standard InChI is InChI=1S/C22H16BBr/c23-19-13-11-18-17(21(19)15-7-3-1-4-8-15)12-14-20(24)22(18)16-9-5-2-6-10-16/h1-14H,23H2. The van der Waals surface area contributed by atoms with E-state index in [1.807, 2.05) is 0 Å². The Morgan fingerprint density at radius 3 is 1.67 bits per heavy atom. The van der Waals surface area contributed by atoms with Gasteiger partial charge in [0.1, 0.15) is 7.85 Å². The first kappa shape index (κ1) is 15.2. The minimum atomic E-state index is 1.13. The second-order valence-corrected chi connectivity index (χ2v) is 6.86. The van der Waals surface area contributed by atoms with Crippen LogP contribution in [-0.2, 0) is 0 Å². The maximum atomic E-state index is 3.75. The molecule has 0 spiro atoms. The zero-order valence-electron chi connectivity index (χ0n) is 13.5.